The van der Waals surface area contributed by atoms with Gasteiger partial charge in [0.15, 0.2) is 0 Å². The SMILES string of the molecule is COc1ccccc1-c1cc(C(=O)NCc2ccc(Cl)c(Cl)c2)c2ccccc2n1. The number of hydrogen-bond acceptors (Lipinski definition) is 3. The van der Waals surface area contributed by atoms with Crippen molar-refractivity contribution in [3.05, 3.63) is 94.0 Å². The van der Waals surface area contributed by atoms with Crippen LogP contribution in [0.5, 0.6) is 5.75 Å². The van der Waals surface area contributed by atoms with E-state index < -0.39 is 0 Å². The first-order chi connectivity index (χ1) is 14.6. The monoisotopic (exact) mass is 436 g/mol. The summed E-state index contributed by atoms with van der Waals surface area (Å²) in [4.78, 5) is 17.8. The summed E-state index contributed by atoms with van der Waals surface area (Å²) in [5.41, 5.74) is 3.64. The molecule has 30 heavy (non-hydrogen) atoms. The Labute approximate surface area is 184 Å². The maximum Gasteiger partial charge on any atom is 0.252 e. The van der Waals surface area contributed by atoms with Gasteiger partial charge in [-0.1, -0.05) is 59.6 Å². The molecule has 4 aromatic rings. The van der Waals surface area contributed by atoms with Gasteiger partial charge in [-0.25, -0.2) is 4.98 Å². The summed E-state index contributed by atoms with van der Waals surface area (Å²) in [7, 11) is 1.62. The van der Waals surface area contributed by atoms with Gasteiger partial charge in [0.1, 0.15) is 5.75 Å². The highest BCUT2D eigenvalue weighted by atomic mass is 35.5. The number of halogens is 2. The zero-order valence-electron chi connectivity index (χ0n) is 16.2. The number of ether oxygens (including phenoxy) is 1. The van der Waals surface area contributed by atoms with Crippen molar-refractivity contribution in [2.45, 2.75) is 6.54 Å². The summed E-state index contributed by atoms with van der Waals surface area (Å²) in [6.45, 7) is 0.330. The Bertz CT molecular complexity index is 1240. The van der Waals surface area contributed by atoms with Crippen molar-refractivity contribution in [2.75, 3.05) is 7.11 Å². The molecule has 0 atom stereocenters. The summed E-state index contributed by atoms with van der Waals surface area (Å²) in [6.07, 6.45) is 0. The van der Waals surface area contributed by atoms with Gasteiger partial charge in [0.2, 0.25) is 0 Å². The van der Waals surface area contributed by atoms with Gasteiger partial charge in [-0.05, 0) is 42.0 Å². The van der Waals surface area contributed by atoms with Gasteiger partial charge in [-0.2, -0.15) is 0 Å². The van der Waals surface area contributed by atoms with Crippen LogP contribution in [0, 0.1) is 0 Å². The first-order valence-corrected chi connectivity index (χ1v) is 10.1. The number of hydrogen-bond donors (Lipinski definition) is 1. The molecular weight excluding hydrogens is 419 g/mol. The molecule has 0 saturated heterocycles. The van der Waals surface area contributed by atoms with Crippen LogP contribution in [0.1, 0.15) is 15.9 Å². The molecule has 150 valence electrons. The number of fused-ring (bicyclic) bond motifs is 1. The van der Waals surface area contributed by atoms with Crippen molar-refractivity contribution in [1.29, 1.82) is 0 Å². The Kier molecular flexibility index (Phi) is 5.88. The Morgan fingerprint density at radius 1 is 0.967 bits per heavy atom. The van der Waals surface area contributed by atoms with Gasteiger partial charge in [-0.3, -0.25) is 4.79 Å². The zero-order valence-corrected chi connectivity index (χ0v) is 17.7. The molecule has 0 fully saturated rings. The van der Waals surface area contributed by atoms with Crippen molar-refractivity contribution in [2.24, 2.45) is 0 Å². The molecule has 3 aromatic carbocycles. The summed E-state index contributed by atoms with van der Waals surface area (Å²) >= 11 is 12.0. The fraction of sp³-hybridized carbons (Fsp3) is 0.0833. The number of nitrogens with one attached hydrogen (secondary N) is 1. The van der Waals surface area contributed by atoms with Crippen molar-refractivity contribution in [1.82, 2.24) is 10.3 Å². The molecule has 0 aliphatic heterocycles. The van der Waals surface area contributed by atoms with E-state index >= 15 is 0 Å². The van der Waals surface area contributed by atoms with Crippen molar-refractivity contribution in [3.8, 4) is 17.0 Å². The average Bonchev–Trinajstić information content (AvgIpc) is 2.78. The second kappa shape index (κ2) is 8.74. The molecule has 0 saturated carbocycles. The van der Waals surface area contributed by atoms with Crippen LogP contribution in [0.3, 0.4) is 0 Å². The van der Waals surface area contributed by atoms with Gasteiger partial charge in [0.25, 0.3) is 5.91 Å². The molecule has 1 heterocycles. The molecular formula is C24H18Cl2N2O2. The zero-order chi connectivity index (χ0) is 21.1. The fourth-order valence-electron chi connectivity index (χ4n) is 3.28. The van der Waals surface area contributed by atoms with Crippen molar-refractivity contribution < 1.29 is 9.53 Å². The summed E-state index contributed by atoms with van der Waals surface area (Å²) < 4.78 is 5.47. The molecule has 0 radical (unpaired) electrons. The number of rotatable bonds is 5. The number of methoxy groups -OCH3 is 1. The number of aromatic nitrogens is 1. The third-order valence-corrected chi connectivity index (χ3v) is 5.52. The Balaban J connectivity index is 1.71. The standard InChI is InChI=1S/C24H18Cl2N2O2/c1-30-23-9-5-3-7-17(23)22-13-18(16-6-2-4-8-21(16)28-22)24(29)27-14-15-10-11-19(25)20(26)12-15/h2-13H,14H2,1H3,(H,27,29). The number of benzene rings is 3. The van der Waals surface area contributed by atoms with Gasteiger partial charge in [0, 0.05) is 17.5 Å². The first kappa shape index (κ1) is 20.2. The second-order valence-corrected chi connectivity index (χ2v) is 7.52. The number of nitrogens with zero attached hydrogens (tertiary/aromatic N) is 1. The van der Waals surface area contributed by atoms with Crippen LogP contribution < -0.4 is 10.1 Å². The molecule has 1 N–H and O–H groups in total. The lowest BCUT2D eigenvalue weighted by Gasteiger charge is -2.13. The molecule has 1 aromatic heterocycles. The van der Waals surface area contributed by atoms with E-state index in [1.807, 2.05) is 54.6 Å². The average molecular weight is 437 g/mol. The fourth-order valence-corrected chi connectivity index (χ4v) is 3.61. The van der Waals surface area contributed by atoms with Crippen LogP contribution >= 0.6 is 23.2 Å². The highest BCUT2D eigenvalue weighted by molar-refractivity contribution is 6.42. The van der Waals surface area contributed by atoms with Gasteiger partial charge in [0.05, 0.1) is 33.9 Å². The first-order valence-electron chi connectivity index (χ1n) is 9.32. The van der Waals surface area contributed by atoms with Gasteiger partial charge >= 0.3 is 0 Å². The molecule has 0 aliphatic carbocycles. The van der Waals surface area contributed by atoms with E-state index in [2.05, 4.69) is 5.32 Å². The Morgan fingerprint density at radius 3 is 2.53 bits per heavy atom. The van der Waals surface area contributed by atoms with Crippen LogP contribution in [0.25, 0.3) is 22.2 Å². The number of carbonyl (C=O) groups excluding carboxylic acids is 1. The predicted molar refractivity (Wildman–Crippen MR) is 121 cm³/mol. The summed E-state index contributed by atoms with van der Waals surface area (Å²) in [6, 6.07) is 22.3. The Hall–Kier alpha value is -3.08. The van der Waals surface area contributed by atoms with Gasteiger partial charge < -0.3 is 10.1 Å². The molecule has 0 unspecified atom stereocenters. The summed E-state index contributed by atoms with van der Waals surface area (Å²) in [5.74, 6) is 0.498. The summed E-state index contributed by atoms with van der Waals surface area (Å²) in [5, 5.41) is 4.68. The molecule has 1 amide bonds. The predicted octanol–water partition coefficient (Wildman–Crippen LogP) is 6.15. The minimum absolute atomic E-state index is 0.198. The van der Waals surface area contributed by atoms with E-state index in [1.165, 1.54) is 0 Å². The molecule has 6 heteroatoms. The van der Waals surface area contributed by atoms with Gasteiger partial charge in [-0.15, -0.1) is 0 Å². The number of amides is 1. The van der Waals surface area contributed by atoms with Crippen LogP contribution in [0.15, 0.2) is 72.8 Å². The number of pyridine rings is 1. The Morgan fingerprint density at radius 2 is 1.73 bits per heavy atom. The van der Waals surface area contributed by atoms with E-state index in [0.29, 0.717) is 33.6 Å². The lowest BCUT2D eigenvalue weighted by atomic mass is 10.0. The quantitative estimate of drug-likeness (QED) is 0.408. The molecule has 0 bridgehead atoms. The highest BCUT2D eigenvalue weighted by Gasteiger charge is 2.15. The lowest BCUT2D eigenvalue weighted by Crippen LogP contribution is -2.23. The topological polar surface area (TPSA) is 51.2 Å². The van der Waals surface area contributed by atoms with E-state index in [-0.39, 0.29) is 5.91 Å². The van der Waals surface area contributed by atoms with Crippen molar-refractivity contribution >= 4 is 40.0 Å². The van der Waals surface area contributed by atoms with E-state index in [1.54, 1.807) is 25.3 Å². The second-order valence-electron chi connectivity index (χ2n) is 6.70. The van der Waals surface area contributed by atoms with E-state index in [4.69, 9.17) is 32.9 Å². The molecule has 4 nitrogen and oxygen atoms in total. The van der Waals surface area contributed by atoms with Crippen LogP contribution in [0.4, 0.5) is 0 Å². The third-order valence-electron chi connectivity index (χ3n) is 4.78. The molecule has 0 aliphatic rings. The van der Waals surface area contributed by atoms with Crippen LogP contribution in [0.2, 0.25) is 10.0 Å². The van der Waals surface area contributed by atoms with Crippen LogP contribution in [-0.2, 0) is 6.54 Å². The molecule has 4 rings (SSSR count). The number of carbonyl (C=O) groups is 1. The lowest BCUT2D eigenvalue weighted by molar-refractivity contribution is 0.0952. The van der Waals surface area contributed by atoms with Crippen molar-refractivity contribution in [3.63, 3.8) is 0 Å². The molecule has 0 spiro atoms. The van der Waals surface area contributed by atoms with Crippen LogP contribution in [-0.4, -0.2) is 18.0 Å². The highest BCUT2D eigenvalue weighted by Crippen LogP contribution is 2.31. The smallest absolute Gasteiger partial charge is 0.252 e. The van der Waals surface area contributed by atoms with E-state index in [0.717, 1.165) is 22.0 Å². The number of para-hydroxylation sites is 2. The minimum Gasteiger partial charge on any atom is -0.496 e. The minimum atomic E-state index is -0.198. The normalized spacial score (nSPS) is 10.8. The third kappa shape index (κ3) is 4.11. The van der Waals surface area contributed by atoms with E-state index in [9.17, 15) is 4.79 Å². The maximum atomic E-state index is 13.1. The maximum absolute atomic E-state index is 13.1. The largest absolute Gasteiger partial charge is 0.496 e.